The summed E-state index contributed by atoms with van der Waals surface area (Å²) in [6, 6.07) is 2.00. The van der Waals surface area contributed by atoms with Crippen LogP contribution in [0.5, 0.6) is 0 Å². The second-order valence-corrected chi connectivity index (χ2v) is 6.09. The Morgan fingerprint density at radius 2 is 2.22 bits per heavy atom. The van der Waals surface area contributed by atoms with Gasteiger partial charge in [0.2, 0.25) is 5.91 Å². The molecule has 1 aliphatic heterocycles. The molecule has 1 saturated heterocycles. The van der Waals surface area contributed by atoms with Crippen molar-refractivity contribution in [1.29, 1.82) is 0 Å². The quantitative estimate of drug-likeness (QED) is 0.872. The highest BCUT2D eigenvalue weighted by atomic mass is 79.9. The molecule has 4 nitrogen and oxygen atoms in total. The van der Waals surface area contributed by atoms with Gasteiger partial charge in [0.1, 0.15) is 0 Å². The van der Waals surface area contributed by atoms with Crippen molar-refractivity contribution < 1.29 is 9.53 Å². The number of amides is 1. The van der Waals surface area contributed by atoms with Crippen molar-refractivity contribution in [3.8, 4) is 0 Å². The molecule has 3 N–H and O–H groups in total. The summed E-state index contributed by atoms with van der Waals surface area (Å²) in [7, 11) is 0. The van der Waals surface area contributed by atoms with Crippen LogP contribution in [-0.4, -0.2) is 24.7 Å². The first-order valence-electron chi connectivity index (χ1n) is 5.48. The largest absolute Gasteiger partial charge is 0.381 e. The average molecular weight is 356 g/mol. The smallest absolute Gasteiger partial charge is 0.240 e. The Balaban J connectivity index is 0.00000162. The minimum Gasteiger partial charge on any atom is -0.381 e. The third kappa shape index (κ3) is 3.93. The van der Waals surface area contributed by atoms with Crippen LogP contribution >= 0.6 is 39.7 Å². The molecule has 1 aromatic heterocycles. The molecule has 0 atom stereocenters. The zero-order valence-electron chi connectivity index (χ0n) is 9.78. The Morgan fingerprint density at radius 1 is 1.56 bits per heavy atom. The number of carbonyl (C=O) groups excluding carboxylic acids is 1. The molecule has 102 valence electrons. The monoisotopic (exact) mass is 354 g/mol. The molecule has 1 aromatic rings. The van der Waals surface area contributed by atoms with Crippen molar-refractivity contribution >= 4 is 45.6 Å². The standard InChI is InChI=1S/C11H15BrN2O2S.ClH/c12-8-5-9(17-7-8)6-14-10(15)11(13)1-3-16-4-2-11;/h5,7H,1-4,6,13H2,(H,14,15);1H. The Hall–Kier alpha value is -0.140. The van der Waals surface area contributed by atoms with E-state index in [2.05, 4.69) is 21.2 Å². The molecular formula is C11H16BrClN2O2S. The van der Waals surface area contributed by atoms with Crippen LogP contribution in [-0.2, 0) is 16.1 Å². The van der Waals surface area contributed by atoms with E-state index in [0.29, 0.717) is 32.6 Å². The van der Waals surface area contributed by atoms with Gasteiger partial charge in [0.25, 0.3) is 0 Å². The van der Waals surface area contributed by atoms with E-state index in [4.69, 9.17) is 10.5 Å². The Bertz CT molecular complexity index is 408. The normalized spacial score (nSPS) is 17.9. The second kappa shape index (κ2) is 6.86. The molecule has 1 aliphatic rings. The SMILES string of the molecule is Cl.NC1(C(=O)NCc2cc(Br)cs2)CCOCC1. The van der Waals surface area contributed by atoms with Crippen molar-refractivity contribution in [2.24, 2.45) is 5.73 Å². The summed E-state index contributed by atoms with van der Waals surface area (Å²) in [4.78, 5) is 13.1. The van der Waals surface area contributed by atoms with Gasteiger partial charge in [-0.15, -0.1) is 23.7 Å². The maximum atomic E-state index is 12.0. The number of thiophene rings is 1. The summed E-state index contributed by atoms with van der Waals surface area (Å²) in [5, 5.41) is 4.89. The first kappa shape index (κ1) is 15.9. The maximum absolute atomic E-state index is 12.0. The lowest BCUT2D eigenvalue weighted by Crippen LogP contribution is -2.56. The molecule has 0 radical (unpaired) electrons. The molecule has 7 heteroatoms. The fraction of sp³-hybridized carbons (Fsp3) is 0.545. The van der Waals surface area contributed by atoms with Gasteiger partial charge in [0.15, 0.2) is 0 Å². The summed E-state index contributed by atoms with van der Waals surface area (Å²) in [5.41, 5.74) is 5.32. The summed E-state index contributed by atoms with van der Waals surface area (Å²) < 4.78 is 6.26. The predicted molar refractivity (Wildman–Crippen MR) is 78.1 cm³/mol. The minimum atomic E-state index is -0.757. The molecular weight excluding hydrogens is 340 g/mol. The van der Waals surface area contributed by atoms with Crippen LogP contribution in [0.2, 0.25) is 0 Å². The van der Waals surface area contributed by atoms with Crippen molar-refractivity contribution in [2.45, 2.75) is 24.9 Å². The molecule has 0 spiro atoms. The fourth-order valence-electron chi connectivity index (χ4n) is 1.75. The van der Waals surface area contributed by atoms with Crippen LogP contribution in [0.25, 0.3) is 0 Å². The van der Waals surface area contributed by atoms with Gasteiger partial charge in [-0.05, 0) is 34.8 Å². The van der Waals surface area contributed by atoms with Gasteiger partial charge < -0.3 is 15.8 Å². The molecule has 2 rings (SSSR count). The first-order valence-corrected chi connectivity index (χ1v) is 7.15. The van der Waals surface area contributed by atoms with Gasteiger partial charge in [-0.25, -0.2) is 0 Å². The summed E-state index contributed by atoms with van der Waals surface area (Å²) in [5.74, 6) is -0.0784. The van der Waals surface area contributed by atoms with Gasteiger partial charge in [-0.2, -0.15) is 0 Å². The van der Waals surface area contributed by atoms with E-state index in [-0.39, 0.29) is 18.3 Å². The van der Waals surface area contributed by atoms with Crippen molar-refractivity contribution in [3.05, 3.63) is 20.8 Å². The molecule has 0 unspecified atom stereocenters. The first-order chi connectivity index (χ1) is 8.10. The average Bonchev–Trinajstić information content (AvgIpc) is 2.73. The number of halogens is 2. The van der Waals surface area contributed by atoms with Gasteiger partial charge in [0, 0.05) is 27.9 Å². The highest BCUT2D eigenvalue weighted by Crippen LogP contribution is 2.21. The van der Waals surface area contributed by atoms with Crippen LogP contribution in [0.1, 0.15) is 17.7 Å². The summed E-state index contributed by atoms with van der Waals surface area (Å²) in [6.07, 6.45) is 1.18. The van der Waals surface area contributed by atoms with E-state index in [9.17, 15) is 4.79 Å². The third-order valence-corrected chi connectivity index (χ3v) is 4.58. The highest BCUT2D eigenvalue weighted by Gasteiger charge is 2.35. The number of nitrogens with one attached hydrogen (secondary N) is 1. The molecule has 0 aliphatic carbocycles. The number of nitrogens with two attached hydrogens (primary N) is 1. The van der Waals surface area contributed by atoms with Gasteiger partial charge in [0.05, 0.1) is 12.1 Å². The number of carbonyl (C=O) groups is 1. The van der Waals surface area contributed by atoms with E-state index in [1.165, 1.54) is 0 Å². The second-order valence-electron chi connectivity index (χ2n) is 4.18. The molecule has 0 bridgehead atoms. The summed E-state index contributed by atoms with van der Waals surface area (Å²) in [6.45, 7) is 1.66. The number of hydrogen-bond donors (Lipinski definition) is 2. The lowest BCUT2D eigenvalue weighted by molar-refractivity contribution is -0.129. The van der Waals surface area contributed by atoms with Crippen LogP contribution < -0.4 is 11.1 Å². The minimum absolute atomic E-state index is 0. The predicted octanol–water partition coefficient (Wildman–Crippen LogP) is 2.06. The Labute approximate surface area is 125 Å². The van der Waals surface area contributed by atoms with Crippen molar-refractivity contribution in [1.82, 2.24) is 5.32 Å². The molecule has 0 aromatic carbocycles. The lowest BCUT2D eigenvalue weighted by atomic mass is 9.90. The van der Waals surface area contributed by atoms with Crippen LogP contribution in [0.15, 0.2) is 15.9 Å². The molecule has 18 heavy (non-hydrogen) atoms. The van der Waals surface area contributed by atoms with E-state index in [1.807, 2.05) is 11.4 Å². The van der Waals surface area contributed by atoms with Crippen LogP contribution in [0.4, 0.5) is 0 Å². The van der Waals surface area contributed by atoms with Crippen LogP contribution in [0.3, 0.4) is 0 Å². The topological polar surface area (TPSA) is 64.4 Å². The van der Waals surface area contributed by atoms with Crippen molar-refractivity contribution in [2.75, 3.05) is 13.2 Å². The Morgan fingerprint density at radius 3 is 2.78 bits per heavy atom. The van der Waals surface area contributed by atoms with Gasteiger partial charge in [-0.3, -0.25) is 4.79 Å². The summed E-state index contributed by atoms with van der Waals surface area (Å²) >= 11 is 4.99. The maximum Gasteiger partial charge on any atom is 0.240 e. The molecule has 1 fully saturated rings. The Kier molecular flexibility index (Phi) is 6.07. The lowest BCUT2D eigenvalue weighted by Gasteiger charge is -2.31. The van der Waals surface area contributed by atoms with E-state index < -0.39 is 5.54 Å². The van der Waals surface area contributed by atoms with Crippen LogP contribution in [0, 0.1) is 0 Å². The fourth-order valence-corrected chi connectivity index (χ4v) is 3.14. The van der Waals surface area contributed by atoms with Crippen molar-refractivity contribution in [3.63, 3.8) is 0 Å². The zero-order valence-corrected chi connectivity index (χ0v) is 13.0. The molecule has 1 amide bonds. The van der Waals surface area contributed by atoms with E-state index in [1.54, 1.807) is 11.3 Å². The van der Waals surface area contributed by atoms with Gasteiger partial charge in [-0.1, -0.05) is 0 Å². The number of rotatable bonds is 3. The zero-order chi connectivity index (χ0) is 12.3. The molecule has 0 saturated carbocycles. The number of hydrogen-bond acceptors (Lipinski definition) is 4. The highest BCUT2D eigenvalue weighted by molar-refractivity contribution is 9.10. The van der Waals surface area contributed by atoms with Gasteiger partial charge >= 0.3 is 0 Å². The number of ether oxygens (including phenoxy) is 1. The third-order valence-electron chi connectivity index (χ3n) is 2.88. The molecule has 2 heterocycles. The van der Waals surface area contributed by atoms with E-state index in [0.717, 1.165) is 9.35 Å². The van der Waals surface area contributed by atoms with E-state index >= 15 is 0 Å².